The third kappa shape index (κ3) is 15.4. The quantitative estimate of drug-likeness (QED) is 0.0459. The highest BCUT2D eigenvalue weighted by atomic mass is 32.2. The van der Waals surface area contributed by atoms with Gasteiger partial charge >= 0.3 is 29.8 Å². The van der Waals surface area contributed by atoms with E-state index >= 15 is 0 Å². The monoisotopic (exact) mass is 973 g/mol. The predicted molar refractivity (Wildman–Crippen MR) is 250 cm³/mol. The van der Waals surface area contributed by atoms with Crippen LogP contribution in [0.3, 0.4) is 0 Å². The molecule has 378 valence electrons. The Bertz CT molecular complexity index is 2390. The average molecular weight is 974 g/mol. The molecule has 1 aromatic carbocycles. The van der Waals surface area contributed by atoms with Gasteiger partial charge in [-0.2, -0.15) is 8.42 Å². The number of nitrogens with zero attached hydrogens (tertiary/aromatic N) is 3. The van der Waals surface area contributed by atoms with E-state index in [0.29, 0.717) is 35.2 Å². The summed E-state index contributed by atoms with van der Waals surface area (Å²) in [7, 11) is -3.74. The van der Waals surface area contributed by atoms with Gasteiger partial charge in [-0.05, 0) is 152 Å². The Balaban J connectivity index is 1.90. The van der Waals surface area contributed by atoms with Crippen molar-refractivity contribution in [1.29, 1.82) is 0 Å². The zero-order chi connectivity index (χ0) is 51.4. The van der Waals surface area contributed by atoms with Gasteiger partial charge in [0.2, 0.25) is 18.3 Å². The van der Waals surface area contributed by atoms with E-state index in [1.165, 1.54) is 4.68 Å². The maximum Gasteiger partial charge on any atom is 0.316 e. The van der Waals surface area contributed by atoms with E-state index < -0.39 is 98.4 Å². The van der Waals surface area contributed by atoms with Crippen LogP contribution >= 0.6 is 0 Å². The minimum atomic E-state index is -3.74. The van der Waals surface area contributed by atoms with Crippen LogP contribution in [0.2, 0.25) is 0 Å². The minimum Gasteiger partial charge on any atom is -0.462 e. The first-order chi connectivity index (χ1) is 31.1. The molecule has 0 unspecified atom stereocenters. The fraction of sp³-hybridized carbons (Fsp3) is 0.653. The topological polar surface area (TPSA) is 224 Å². The number of carbonyl (C=O) groups excluding carboxylic acids is 5. The van der Waals surface area contributed by atoms with Crippen LogP contribution in [0.5, 0.6) is 11.6 Å². The Hall–Kier alpha value is -5.14. The first-order valence-electron chi connectivity index (χ1n) is 22.7. The second-order valence-corrected chi connectivity index (χ2v) is 23.9. The van der Waals surface area contributed by atoms with Gasteiger partial charge < -0.3 is 33.2 Å². The molecule has 68 heavy (non-hydrogen) atoms. The molecular formula is C49H71N3O15S. The number of benzene rings is 1. The Morgan fingerprint density at radius 1 is 0.662 bits per heavy atom. The largest absolute Gasteiger partial charge is 0.462 e. The first-order valence-corrected chi connectivity index (χ1v) is 24.5. The summed E-state index contributed by atoms with van der Waals surface area (Å²) >= 11 is 0. The average Bonchev–Trinajstić information content (AvgIpc) is 3.55. The molecule has 0 bridgehead atoms. The van der Waals surface area contributed by atoms with Crippen molar-refractivity contribution in [2.45, 2.75) is 160 Å². The lowest BCUT2D eigenvalue weighted by atomic mass is 9.93. The molecule has 0 aliphatic carbocycles. The van der Waals surface area contributed by atoms with Gasteiger partial charge in [0.25, 0.3) is 10.1 Å². The van der Waals surface area contributed by atoms with Crippen molar-refractivity contribution in [2.24, 2.45) is 27.1 Å². The molecule has 1 aliphatic rings. The van der Waals surface area contributed by atoms with E-state index in [0.717, 1.165) is 11.8 Å². The highest BCUT2D eigenvalue weighted by Crippen LogP contribution is 2.37. The second-order valence-electron chi connectivity index (χ2n) is 22.2. The Labute approximate surface area is 400 Å². The third-order valence-corrected chi connectivity index (χ3v) is 10.9. The molecule has 0 saturated carbocycles. The van der Waals surface area contributed by atoms with Crippen molar-refractivity contribution in [3.63, 3.8) is 0 Å². The van der Waals surface area contributed by atoms with E-state index in [2.05, 4.69) is 4.98 Å². The summed E-state index contributed by atoms with van der Waals surface area (Å²) in [4.78, 5) is 71.9. The number of pyridine rings is 1. The molecule has 1 aliphatic heterocycles. The van der Waals surface area contributed by atoms with Crippen molar-refractivity contribution >= 4 is 51.0 Å². The van der Waals surface area contributed by atoms with Crippen molar-refractivity contribution in [3.05, 3.63) is 47.7 Å². The highest BCUT2D eigenvalue weighted by Gasteiger charge is 2.56. The SMILES string of the molecule is CC(C)(C)C(=O)OC[C@H]1O[C@@H](Oc2nn(CCCOS(C)(=O)=O)c3nccc(CCc4ccc(OC(=O)C(C)(C)C)cc4)c23)[C@H](OC(=O)C(C)(C)C)[C@@H](OC(=O)C(C)(C)C)[C@@H]1OC(=O)C(C)(C)C. The van der Waals surface area contributed by atoms with Gasteiger partial charge in [-0.3, -0.25) is 28.2 Å². The maximum absolute atomic E-state index is 13.9. The van der Waals surface area contributed by atoms with E-state index in [9.17, 15) is 32.4 Å². The number of aryl methyl sites for hydroxylation is 3. The fourth-order valence-corrected chi connectivity index (χ4v) is 6.57. The van der Waals surface area contributed by atoms with Crippen LogP contribution in [0, 0.1) is 27.1 Å². The molecule has 1 saturated heterocycles. The second kappa shape index (κ2) is 21.2. The van der Waals surface area contributed by atoms with Crippen LogP contribution in [-0.4, -0.2) is 103 Å². The van der Waals surface area contributed by atoms with Gasteiger partial charge in [0.05, 0.1) is 45.3 Å². The molecule has 4 rings (SSSR count). The summed E-state index contributed by atoms with van der Waals surface area (Å²) in [5.41, 5.74) is -2.94. The lowest BCUT2D eigenvalue weighted by molar-refractivity contribution is -0.294. The van der Waals surface area contributed by atoms with Gasteiger partial charge in [-0.25, -0.2) is 9.67 Å². The van der Waals surface area contributed by atoms with Gasteiger partial charge in [-0.15, -0.1) is 5.10 Å². The predicted octanol–water partition coefficient (Wildman–Crippen LogP) is 7.10. The number of hydrogen-bond acceptors (Lipinski definition) is 17. The number of fused-ring (bicyclic) bond motifs is 1. The molecule has 0 radical (unpaired) electrons. The Kier molecular flexibility index (Phi) is 17.3. The van der Waals surface area contributed by atoms with Crippen LogP contribution in [0.15, 0.2) is 36.5 Å². The molecule has 0 amide bonds. The van der Waals surface area contributed by atoms with E-state index in [-0.39, 0.29) is 31.4 Å². The van der Waals surface area contributed by atoms with Crippen LogP contribution in [0.1, 0.15) is 121 Å². The number of esters is 5. The molecule has 18 nitrogen and oxygen atoms in total. The van der Waals surface area contributed by atoms with Gasteiger partial charge in [0.1, 0.15) is 18.5 Å². The smallest absolute Gasteiger partial charge is 0.316 e. The zero-order valence-corrected chi connectivity index (χ0v) is 43.3. The van der Waals surface area contributed by atoms with Gasteiger partial charge in [0.15, 0.2) is 17.9 Å². The molecule has 19 heteroatoms. The van der Waals surface area contributed by atoms with Gasteiger partial charge in [-0.1, -0.05) is 12.1 Å². The highest BCUT2D eigenvalue weighted by molar-refractivity contribution is 7.85. The molecule has 3 aromatic rings. The fourth-order valence-electron chi connectivity index (χ4n) is 6.15. The molecule has 0 N–H and O–H groups in total. The number of rotatable bonds is 16. The summed E-state index contributed by atoms with van der Waals surface area (Å²) in [6, 6.07) is 8.93. The number of aromatic nitrogens is 3. The molecule has 5 atom stereocenters. The van der Waals surface area contributed by atoms with Crippen LogP contribution in [-0.2, 0) is 81.3 Å². The van der Waals surface area contributed by atoms with E-state index in [1.807, 2.05) is 12.1 Å². The van der Waals surface area contributed by atoms with Crippen LogP contribution in [0.4, 0.5) is 0 Å². The van der Waals surface area contributed by atoms with E-state index in [1.54, 1.807) is 128 Å². The molecular weight excluding hydrogens is 903 g/mol. The lowest BCUT2D eigenvalue weighted by Gasteiger charge is -2.45. The maximum atomic E-state index is 13.9. The van der Waals surface area contributed by atoms with Crippen molar-refractivity contribution in [1.82, 2.24) is 14.8 Å². The number of carbonyl (C=O) groups is 5. The molecule has 3 heterocycles. The summed E-state index contributed by atoms with van der Waals surface area (Å²) in [5, 5.41) is 5.22. The summed E-state index contributed by atoms with van der Waals surface area (Å²) in [5.74, 6) is -2.81. The van der Waals surface area contributed by atoms with Crippen molar-refractivity contribution in [3.8, 4) is 11.6 Å². The van der Waals surface area contributed by atoms with Crippen molar-refractivity contribution in [2.75, 3.05) is 19.5 Å². The Morgan fingerprint density at radius 3 is 1.69 bits per heavy atom. The van der Waals surface area contributed by atoms with Crippen LogP contribution in [0.25, 0.3) is 11.0 Å². The molecule has 0 spiro atoms. The normalized spacial score (nSPS) is 19.5. The third-order valence-electron chi connectivity index (χ3n) is 10.3. The summed E-state index contributed by atoms with van der Waals surface area (Å²) < 4.78 is 73.2. The number of ether oxygens (including phenoxy) is 7. The standard InChI is InChI=1S/C49H71N3O15S/c1-45(2,3)40(53)60-28-32-34(64-42(55)47(7,8)9)35(65-43(56)48(10,11)12)36(66-44(57)49(13,14)15)39(63-32)67-38-33-30(21-18-29-19-22-31(23-20-29)62-41(54)46(4,5)6)24-25-50-37(33)52(51-38)26-17-27-61-68(16,58)59/h19-20,22-25,32,34-36,39H,17-18,21,26-28H2,1-16H3/t32-,34-,35+,36-,39+/m1/s1. The zero-order valence-electron chi connectivity index (χ0n) is 42.5. The number of hydrogen-bond donors (Lipinski definition) is 0. The first kappa shape index (κ1) is 55.5. The van der Waals surface area contributed by atoms with Crippen LogP contribution < -0.4 is 9.47 Å². The Morgan fingerprint density at radius 2 is 1.18 bits per heavy atom. The molecule has 2 aromatic heterocycles. The minimum absolute atomic E-state index is 0.0464. The molecule has 1 fully saturated rings. The van der Waals surface area contributed by atoms with Gasteiger partial charge in [0, 0.05) is 12.7 Å². The summed E-state index contributed by atoms with van der Waals surface area (Å²) in [6.45, 7) is 24.4. The van der Waals surface area contributed by atoms with E-state index in [4.69, 9.17) is 42.4 Å². The summed E-state index contributed by atoms with van der Waals surface area (Å²) in [6.07, 6.45) is -4.05. The lowest BCUT2D eigenvalue weighted by Crippen LogP contribution is -2.65. The van der Waals surface area contributed by atoms with Crippen molar-refractivity contribution < 1.29 is 69.7 Å².